The van der Waals surface area contributed by atoms with E-state index in [1.807, 2.05) is 49.4 Å². The van der Waals surface area contributed by atoms with Crippen molar-refractivity contribution in [2.24, 2.45) is 5.92 Å². The summed E-state index contributed by atoms with van der Waals surface area (Å²) in [5, 5.41) is 3.10. The molecule has 2 aliphatic rings. The van der Waals surface area contributed by atoms with Crippen LogP contribution in [-0.4, -0.2) is 30.7 Å². The molecule has 2 aliphatic heterocycles. The van der Waals surface area contributed by atoms with Gasteiger partial charge < -0.3 is 14.8 Å². The number of hydrogen-bond donors (Lipinski definition) is 1. The maximum absolute atomic E-state index is 12.7. The Morgan fingerprint density at radius 2 is 1.66 bits per heavy atom. The van der Waals surface area contributed by atoms with Crippen molar-refractivity contribution in [2.45, 2.75) is 38.8 Å². The van der Waals surface area contributed by atoms with Crippen molar-refractivity contribution in [2.75, 3.05) is 19.9 Å². The first-order chi connectivity index (χ1) is 17.0. The first kappa shape index (κ1) is 23.9. The van der Waals surface area contributed by atoms with E-state index in [-0.39, 0.29) is 11.9 Å². The number of nitrogens with one attached hydrogen (secondary N) is 1. The molecule has 0 aromatic heterocycles. The number of benzene rings is 3. The quantitative estimate of drug-likeness (QED) is 0.396. The van der Waals surface area contributed by atoms with Gasteiger partial charge in [0, 0.05) is 16.6 Å². The lowest BCUT2D eigenvalue weighted by molar-refractivity contribution is 0.0940. The summed E-state index contributed by atoms with van der Waals surface area (Å²) in [5.41, 5.74) is 4.37. The minimum Gasteiger partial charge on any atom is -0.454 e. The fourth-order valence-corrected chi connectivity index (χ4v) is 5.15. The van der Waals surface area contributed by atoms with E-state index in [9.17, 15) is 4.79 Å². The van der Waals surface area contributed by atoms with Crippen molar-refractivity contribution >= 4 is 21.8 Å². The molecule has 0 radical (unpaired) electrons. The second-order valence-electron chi connectivity index (χ2n) is 9.55. The molecule has 0 saturated carbocycles. The highest BCUT2D eigenvalue weighted by Crippen LogP contribution is 2.33. The van der Waals surface area contributed by atoms with Gasteiger partial charge in [-0.3, -0.25) is 9.69 Å². The van der Waals surface area contributed by atoms with Crippen molar-refractivity contribution in [1.29, 1.82) is 0 Å². The van der Waals surface area contributed by atoms with E-state index in [4.69, 9.17) is 9.47 Å². The molecule has 2 heterocycles. The van der Waals surface area contributed by atoms with Crippen LogP contribution in [0, 0.1) is 5.92 Å². The predicted molar refractivity (Wildman–Crippen MR) is 141 cm³/mol. The summed E-state index contributed by atoms with van der Waals surface area (Å²) in [7, 11) is 0. The Hall–Kier alpha value is -2.83. The van der Waals surface area contributed by atoms with Crippen LogP contribution in [0.15, 0.2) is 71.2 Å². The highest BCUT2D eigenvalue weighted by molar-refractivity contribution is 9.10. The number of carbonyl (C=O) groups excluding carboxylic acids is 1. The molecule has 0 unspecified atom stereocenters. The van der Waals surface area contributed by atoms with Crippen LogP contribution in [0.3, 0.4) is 0 Å². The van der Waals surface area contributed by atoms with Gasteiger partial charge in [0.15, 0.2) is 11.5 Å². The van der Waals surface area contributed by atoms with E-state index in [1.165, 1.54) is 24.0 Å². The monoisotopic (exact) mass is 534 g/mol. The molecule has 0 aliphatic carbocycles. The number of amides is 1. The Labute approximate surface area is 215 Å². The van der Waals surface area contributed by atoms with Gasteiger partial charge in [0.05, 0.1) is 6.04 Å². The fraction of sp³-hybridized carbons (Fsp3) is 0.345. The van der Waals surface area contributed by atoms with Gasteiger partial charge in [-0.1, -0.05) is 46.3 Å². The van der Waals surface area contributed by atoms with Gasteiger partial charge in [0.25, 0.3) is 5.91 Å². The van der Waals surface area contributed by atoms with Crippen molar-refractivity contribution in [3.63, 3.8) is 0 Å². The van der Waals surface area contributed by atoms with Crippen molar-refractivity contribution < 1.29 is 14.3 Å². The average Bonchev–Trinajstić information content (AvgIpc) is 3.34. The normalized spacial score (nSPS) is 16.7. The molecule has 0 bridgehead atoms. The number of fused-ring (bicyclic) bond motifs is 1. The average molecular weight is 535 g/mol. The second kappa shape index (κ2) is 10.8. The van der Waals surface area contributed by atoms with E-state index in [0.29, 0.717) is 18.3 Å². The Morgan fingerprint density at radius 1 is 0.971 bits per heavy atom. The third kappa shape index (κ3) is 6.06. The zero-order valence-corrected chi connectivity index (χ0v) is 21.6. The molecule has 0 spiro atoms. The van der Waals surface area contributed by atoms with E-state index < -0.39 is 0 Å². The molecule has 3 aromatic carbocycles. The smallest absolute Gasteiger partial charge is 0.251 e. The maximum atomic E-state index is 12.7. The first-order valence-electron chi connectivity index (χ1n) is 12.3. The zero-order valence-electron chi connectivity index (χ0n) is 20.0. The molecule has 1 N–H and O–H groups in total. The molecule has 3 aromatic rings. The van der Waals surface area contributed by atoms with Crippen LogP contribution in [-0.2, 0) is 13.0 Å². The Bertz CT molecular complexity index is 1160. The lowest BCUT2D eigenvalue weighted by Gasteiger charge is -2.32. The van der Waals surface area contributed by atoms with Crippen LogP contribution in [0.25, 0.3) is 0 Å². The van der Waals surface area contributed by atoms with Gasteiger partial charge >= 0.3 is 0 Å². The number of likely N-dealkylation sites (tertiary alicyclic amines) is 1. The van der Waals surface area contributed by atoms with Gasteiger partial charge in [-0.15, -0.1) is 0 Å². The van der Waals surface area contributed by atoms with Crippen LogP contribution >= 0.6 is 15.9 Å². The van der Waals surface area contributed by atoms with Gasteiger partial charge in [0.2, 0.25) is 6.79 Å². The number of carbonyl (C=O) groups is 1. The van der Waals surface area contributed by atoms with Crippen molar-refractivity contribution in [3.8, 4) is 11.5 Å². The van der Waals surface area contributed by atoms with Crippen LogP contribution in [0.5, 0.6) is 11.5 Å². The third-order valence-corrected chi connectivity index (χ3v) is 7.54. The van der Waals surface area contributed by atoms with Gasteiger partial charge in [-0.25, -0.2) is 0 Å². The minimum atomic E-state index is -0.0434. The molecule has 1 saturated heterocycles. The first-order valence-corrected chi connectivity index (χ1v) is 13.1. The van der Waals surface area contributed by atoms with Crippen molar-refractivity contribution in [1.82, 2.24) is 10.2 Å². The third-order valence-electron chi connectivity index (χ3n) is 7.01. The highest BCUT2D eigenvalue weighted by Gasteiger charge is 2.21. The second-order valence-corrected chi connectivity index (χ2v) is 10.5. The van der Waals surface area contributed by atoms with Crippen LogP contribution in [0.4, 0.5) is 0 Å². The van der Waals surface area contributed by atoms with E-state index in [1.54, 1.807) is 0 Å². The number of ether oxygens (including phenoxy) is 2. The van der Waals surface area contributed by atoms with E-state index in [2.05, 4.69) is 50.4 Å². The number of hydrogen-bond acceptors (Lipinski definition) is 4. The lowest BCUT2D eigenvalue weighted by atomic mass is 9.89. The van der Waals surface area contributed by atoms with Gasteiger partial charge in [0.1, 0.15) is 0 Å². The van der Waals surface area contributed by atoms with Gasteiger partial charge in [-0.2, -0.15) is 0 Å². The molecule has 5 nitrogen and oxygen atoms in total. The summed E-state index contributed by atoms with van der Waals surface area (Å²) >= 11 is 3.45. The summed E-state index contributed by atoms with van der Waals surface area (Å²) in [5.74, 6) is 2.34. The topological polar surface area (TPSA) is 50.8 Å². The van der Waals surface area contributed by atoms with E-state index in [0.717, 1.165) is 47.6 Å². The summed E-state index contributed by atoms with van der Waals surface area (Å²) in [6.45, 7) is 5.49. The molecule has 5 rings (SSSR count). The van der Waals surface area contributed by atoms with Gasteiger partial charge in [-0.05, 0) is 98.3 Å². The minimum absolute atomic E-state index is 0.0382. The molecule has 6 heteroatoms. The Kier molecular flexibility index (Phi) is 7.40. The summed E-state index contributed by atoms with van der Waals surface area (Å²) in [4.78, 5) is 15.2. The molecular weight excluding hydrogens is 504 g/mol. The molecular formula is C29H31BrN2O3. The maximum Gasteiger partial charge on any atom is 0.251 e. The highest BCUT2D eigenvalue weighted by atomic mass is 79.9. The fourth-order valence-electron chi connectivity index (χ4n) is 4.89. The molecule has 1 amide bonds. The number of rotatable bonds is 7. The predicted octanol–water partition coefficient (Wildman–Crippen LogP) is 6.12. The molecule has 1 fully saturated rings. The van der Waals surface area contributed by atoms with Crippen LogP contribution in [0.2, 0.25) is 0 Å². The van der Waals surface area contributed by atoms with E-state index >= 15 is 0 Å². The molecule has 182 valence electrons. The Balaban J connectivity index is 1.08. The summed E-state index contributed by atoms with van der Waals surface area (Å²) < 4.78 is 12.0. The summed E-state index contributed by atoms with van der Waals surface area (Å²) in [6, 6.07) is 22.4. The van der Waals surface area contributed by atoms with Crippen LogP contribution < -0.4 is 14.8 Å². The lowest BCUT2D eigenvalue weighted by Crippen LogP contribution is -2.33. The molecule has 35 heavy (non-hydrogen) atoms. The number of piperidine rings is 1. The number of halogens is 1. The van der Waals surface area contributed by atoms with Crippen LogP contribution in [0.1, 0.15) is 52.9 Å². The SMILES string of the molecule is C[C@H](NC(=O)c1ccc(CC2CCN(Cc3ccc4c(c3)OCO4)CC2)cc1)c1ccc(Br)cc1. The zero-order chi connectivity index (χ0) is 24.2. The Morgan fingerprint density at radius 3 is 2.40 bits per heavy atom. The standard InChI is InChI=1S/C29H31BrN2O3/c1-20(24-7-9-26(30)10-8-24)31-29(33)25-5-2-21(3-6-25)16-22-12-14-32(15-13-22)18-23-4-11-27-28(17-23)35-19-34-27/h2-11,17,20,22H,12-16,18-19H2,1H3,(H,31,33)/t20-/m0/s1. The largest absolute Gasteiger partial charge is 0.454 e. The number of nitrogens with zero attached hydrogens (tertiary/aromatic N) is 1. The van der Waals surface area contributed by atoms with Crippen molar-refractivity contribution in [3.05, 3.63) is 93.5 Å². The summed E-state index contributed by atoms with van der Waals surface area (Å²) in [6.07, 6.45) is 3.45. The molecule has 1 atom stereocenters.